The Bertz CT molecular complexity index is 1520. The molecule has 2 aromatic carbocycles. The fourth-order valence-corrected chi connectivity index (χ4v) is 3.78. The normalized spacial score (nSPS) is 11.6. The van der Waals surface area contributed by atoms with Gasteiger partial charge in [-0.3, -0.25) is 4.79 Å². The van der Waals surface area contributed by atoms with Crippen LogP contribution >= 0.6 is 11.6 Å². The highest BCUT2D eigenvalue weighted by molar-refractivity contribution is 6.33. The molecule has 8 nitrogen and oxygen atoms in total. The summed E-state index contributed by atoms with van der Waals surface area (Å²) in [6.45, 7) is 0. The molecule has 0 fully saturated rings. The Morgan fingerprint density at radius 2 is 1.91 bits per heavy atom. The molecule has 176 valence electrons. The van der Waals surface area contributed by atoms with E-state index in [2.05, 4.69) is 15.0 Å². The Balaban J connectivity index is 1.67. The van der Waals surface area contributed by atoms with Gasteiger partial charge in [0.05, 0.1) is 24.0 Å². The van der Waals surface area contributed by atoms with Crippen LogP contribution in [0.1, 0.15) is 22.0 Å². The third kappa shape index (κ3) is 4.95. The van der Waals surface area contributed by atoms with Gasteiger partial charge in [-0.15, -0.1) is 0 Å². The SMILES string of the molecule is COC(=O)c1ccc(NC(=O)C(C=O)c2ccc3c(-c4ccc(F)cc4Cl)cc(=O)oc3c2)cn1. The van der Waals surface area contributed by atoms with Crippen molar-refractivity contribution in [3.05, 3.63) is 93.3 Å². The van der Waals surface area contributed by atoms with Crippen LogP contribution in [0.25, 0.3) is 22.1 Å². The van der Waals surface area contributed by atoms with Crippen LogP contribution in [0.3, 0.4) is 0 Å². The third-order valence-corrected chi connectivity index (χ3v) is 5.51. The molecule has 0 spiro atoms. The van der Waals surface area contributed by atoms with Crippen LogP contribution in [0, 0.1) is 5.82 Å². The number of anilines is 1. The maximum Gasteiger partial charge on any atom is 0.356 e. The molecule has 0 aliphatic rings. The van der Waals surface area contributed by atoms with Gasteiger partial charge in [0, 0.05) is 22.6 Å². The van der Waals surface area contributed by atoms with Gasteiger partial charge in [-0.1, -0.05) is 23.7 Å². The monoisotopic (exact) mass is 494 g/mol. The molecular formula is C25H16ClFN2O6. The zero-order chi connectivity index (χ0) is 25.1. The number of carbonyl (C=O) groups excluding carboxylic acids is 3. The topological polar surface area (TPSA) is 116 Å². The minimum absolute atomic E-state index is 0.0547. The second-order valence-corrected chi connectivity index (χ2v) is 7.79. The summed E-state index contributed by atoms with van der Waals surface area (Å²) in [7, 11) is 1.22. The number of rotatable bonds is 6. The predicted octanol–water partition coefficient (Wildman–Crippen LogP) is 4.36. The first kappa shape index (κ1) is 23.8. The Morgan fingerprint density at radius 1 is 1.11 bits per heavy atom. The number of halogens is 2. The second kappa shape index (κ2) is 9.86. The number of nitrogens with zero attached hydrogens (tertiary/aromatic N) is 1. The molecule has 2 heterocycles. The predicted molar refractivity (Wildman–Crippen MR) is 126 cm³/mol. The van der Waals surface area contributed by atoms with Gasteiger partial charge in [0.1, 0.15) is 29.3 Å². The summed E-state index contributed by atoms with van der Waals surface area (Å²) in [5.41, 5.74) is 0.856. The van der Waals surface area contributed by atoms with Crippen LogP contribution in [-0.2, 0) is 14.3 Å². The van der Waals surface area contributed by atoms with Crippen LogP contribution in [0.2, 0.25) is 5.02 Å². The lowest BCUT2D eigenvalue weighted by Gasteiger charge is -2.13. The Hall–Kier alpha value is -4.37. The minimum atomic E-state index is -1.23. The van der Waals surface area contributed by atoms with Crippen molar-refractivity contribution >= 4 is 46.4 Å². The van der Waals surface area contributed by atoms with Gasteiger partial charge in [-0.25, -0.2) is 19.0 Å². The van der Waals surface area contributed by atoms with Crippen molar-refractivity contribution < 1.29 is 27.9 Å². The summed E-state index contributed by atoms with van der Waals surface area (Å²) in [5, 5.41) is 3.15. The molecule has 2 aromatic heterocycles. The van der Waals surface area contributed by atoms with Gasteiger partial charge in [0.2, 0.25) is 5.91 Å². The van der Waals surface area contributed by atoms with Crippen molar-refractivity contribution in [2.75, 3.05) is 12.4 Å². The Kier molecular flexibility index (Phi) is 6.70. The lowest BCUT2D eigenvalue weighted by molar-refractivity contribution is -0.122. The molecule has 0 aliphatic carbocycles. The molecule has 0 radical (unpaired) electrons. The first-order chi connectivity index (χ1) is 16.8. The molecule has 1 atom stereocenters. The fourth-order valence-electron chi connectivity index (χ4n) is 3.51. The molecule has 0 saturated heterocycles. The van der Waals surface area contributed by atoms with Crippen LogP contribution in [0.5, 0.6) is 0 Å². The summed E-state index contributed by atoms with van der Waals surface area (Å²) in [5.74, 6) is -3.05. The van der Waals surface area contributed by atoms with E-state index in [0.29, 0.717) is 22.8 Å². The molecule has 0 aliphatic heterocycles. The van der Waals surface area contributed by atoms with Crippen molar-refractivity contribution in [3.8, 4) is 11.1 Å². The van der Waals surface area contributed by atoms with E-state index >= 15 is 0 Å². The number of aromatic nitrogens is 1. The molecule has 1 unspecified atom stereocenters. The van der Waals surface area contributed by atoms with Crippen LogP contribution in [-0.4, -0.2) is 30.3 Å². The largest absolute Gasteiger partial charge is 0.464 e. The highest BCUT2D eigenvalue weighted by atomic mass is 35.5. The molecule has 1 N–H and O–H groups in total. The van der Waals surface area contributed by atoms with E-state index in [0.717, 1.165) is 6.07 Å². The average molecular weight is 495 g/mol. The maximum atomic E-state index is 13.5. The van der Waals surface area contributed by atoms with Gasteiger partial charge in [0.25, 0.3) is 0 Å². The second-order valence-electron chi connectivity index (χ2n) is 7.39. The highest BCUT2D eigenvalue weighted by Gasteiger charge is 2.22. The number of amides is 1. The number of pyridine rings is 1. The number of hydrogen-bond donors (Lipinski definition) is 1. The van der Waals surface area contributed by atoms with E-state index in [1.165, 1.54) is 49.7 Å². The molecule has 4 aromatic rings. The number of methoxy groups -OCH3 is 1. The molecule has 4 rings (SSSR count). The standard InChI is InChI=1S/C25H16ClFN2O6/c1-34-25(33)21-7-4-15(11-28-21)29-24(32)19(12-30)13-2-5-17-18(10-23(31)35-22(17)8-13)16-6-3-14(27)9-20(16)26/h2-12,19H,1H3,(H,29,32). The maximum absolute atomic E-state index is 13.5. The first-order valence-electron chi connectivity index (χ1n) is 10.1. The van der Waals surface area contributed by atoms with Crippen molar-refractivity contribution in [3.63, 3.8) is 0 Å². The van der Waals surface area contributed by atoms with E-state index < -0.39 is 29.2 Å². The summed E-state index contributed by atoms with van der Waals surface area (Å²) in [6.07, 6.45) is 1.70. The van der Waals surface area contributed by atoms with E-state index in [-0.39, 0.29) is 27.6 Å². The first-order valence-corrected chi connectivity index (χ1v) is 10.5. The number of fused-ring (bicyclic) bond motifs is 1. The summed E-state index contributed by atoms with van der Waals surface area (Å²) in [4.78, 5) is 52.2. The quantitative estimate of drug-likeness (QED) is 0.183. The Morgan fingerprint density at radius 3 is 2.57 bits per heavy atom. The molecule has 35 heavy (non-hydrogen) atoms. The zero-order valence-electron chi connectivity index (χ0n) is 18.1. The lowest BCUT2D eigenvalue weighted by atomic mass is 9.95. The van der Waals surface area contributed by atoms with Crippen LogP contribution < -0.4 is 10.9 Å². The van der Waals surface area contributed by atoms with Gasteiger partial charge < -0.3 is 19.3 Å². The number of aldehydes is 1. The van der Waals surface area contributed by atoms with Gasteiger partial charge in [-0.05, 0) is 42.0 Å². The number of nitrogens with one attached hydrogen (secondary N) is 1. The van der Waals surface area contributed by atoms with E-state index in [1.807, 2.05) is 0 Å². The van der Waals surface area contributed by atoms with E-state index in [1.54, 1.807) is 12.1 Å². The van der Waals surface area contributed by atoms with E-state index in [9.17, 15) is 23.6 Å². The van der Waals surface area contributed by atoms with Crippen molar-refractivity contribution in [2.24, 2.45) is 0 Å². The van der Waals surface area contributed by atoms with Crippen LogP contribution in [0.15, 0.2) is 70.0 Å². The van der Waals surface area contributed by atoms with E-state index in [4.69, 9.17) is 16.0 Å². The molecule has 0 bridgehead atoms. The minimum Gasteiger partial charge on any atom is -0.464 e. The molecule has 10 heteroatoms. The summed E-state index contributed by atoms with van der Waals surface area (Å²) in [6, 6.07) is 12.4. The van der Waals surface area contributed by atoms with Crippen molar-refractivity contribution in [1.82, 2.24) is 4.98 Å². The molecule has 1 amide bonds. The lowest BCUT2D eigenvalue weighted by Crippen LogP contribution is -2.22. The number of ether oxygens (including phenoxy) is 1. The number of carbonyl (C=O) groups is 3. The highest BCUT2D eigenvalue weighted by Crippen LogP contribution is 2.34. The summed E-state index contributed by atoms with van der Waals surface area (Å²) < 4.78 is 23.3. The zero-order valence-corrected chi connectivity index (χ0v) is 18.8. The average Bonchev–Trinajstić information content (AvgIpc) is 2.84. The van der Waals surface area contributed by atoms with Gasteiger partial charge >= 0.3 is 11.6 Å². The fraction of sp³-hybridized carbons (Fsp3) is 0.0800. The number of benzene rings is 2. The van der Waals surface area contributed by atoms with Crippen molar-refractivity contribution in [1.29, 1.82) is 0 Å². The number of esters is 1. The third-order valence-electron chi connectivity index (χ3n) is 5.19. The molecule has 0 saturated carbocycles. The molecular weight excluding hydrogens is 479 g/mol. The van der Waals surface area contributed by atoms with Crippen LogP contribution in [0.4, 0.5) is 10.1 Å². The number of hydrogen-bond acceptors (Lipinski definition) is 7. The van der Waals surface area contributed by atoms with Gasteiger partial charge in [0.15, 0.2) is 0 Å². The van der Waals surface area contributed by atoms with Gasteiger partial charge in [-0.2, -0.15) is 0 Å². The smallest absolute Gasteiger partial charge is 0.356 e. The van der Waals surface area contributed by atoms with Crippen molar-refractivity contribution in [2.45, 2.75) is 5.92 Å². The Labute approximate surface area is 202 Å². The summed E-state index contributed by atoms with van der Waals surface area (Å²) >= 11 is 6.17.